The minimum Gasteiger partial charge on any atom is -0.481 e. The number of hydrogen-bond acceptors (Lipinski definition) is 12. The molecule has 0 saturated heterocycles. The van der Waals surface area contributed by atoms with Crippen molar-refractivity contribution in [3.8, 4) is 0 Å². The summed E-state index contributed by atoms with van der Waals surface area (Å²) >= 11 is 0. The lowest BCUT2D eigenvalue weighted by molar-refractivity contribution is -0.144. The van der Waals surface area contributed by atoms with E-state index in [1.54, 1.807) is 41.5 Å². The van der Waals surface area contributed by atoms with Crippen LogP contribution in [0.1, 0.15) is 94.4 Å². The SMILES string of the molecule is CCC(C)C(NC(=O)C(NC(=O)C(NC(=O)CNC(=O)C(C)NC(C)=O)C(C)O)C(C)C)C(=O)NC(CCC(N)=O)C(=O)NC(CC(=O)O)C(=O)NC(CC(C)C)C(=O)O. The van der Waals surface area contributed by atoms with Crippen molar-refractivity contribution < 1.29 is 68.1 Å². The first-order valence-electron chi connectivity index (χ1n) is 19.5. The molecule has 0 saturated carbocycles. The zero-order valence-electron chi connectivity index (χ0n) is 35.5. The fourth-order valence-corrected chi connectivity index (χ4v) is 5.48. The van der Waals surface area contributed by atoms with Gasteiger partial charge in [0.25, 0.3) is 0 Å². The summed E-state index contributed by atoms with van der Waals surface area (Å²) in [5, 5.41) is 48.0. The summed E-state index contributed by atoms with van der Waals surface area (Å²) in [6, 6.07) is -10.2. The van der Waals surface area contributed by atoms with Gasteiger partial charge in [-0.15, -0.1) is 0 Å². The number of carboxylic acid groups (broad SMARTS) is 2. The smallest absolute Gasteiger partial charge is 0.326 e. The van der Waals surface area contributed by atoms with Crippen molar-refractivity contribution in [3.05, 3.63) is 0 Å². The first kappa shape index (κ1) is 54.1. The molecular weight excluding hydrogens is 794 g/mol. The van der Waals surface area contributed by atoms with Crippen LogP contribution >= 0.6 is 0 Å². The lowest BCUT2D eigenvalue weighted by atomic mass is 9.95. The number of amides is 9. The molecule has 0 fully saturated rings. The molecule has 9 amide bonds. The molecule has 0 spiro atoms. The van der Waals surface area contributed by atoms with Crippen LogP contribution in [0.5, 0.6) is 0 Å². The van der Waals surface area contributed by atoms with Gasteiger partial charge in [0.15, 0.2) is 0 Å². The molecule has 0 aliphatic heterocycles. The highest BCUT2D eigenvalue weighted by molar-refractivity contribution is 5.98. The molecule has 0 aliphatic carbocycles. The number of rotatable bonds is 27. The molecule has 9 unspecified atom stereocenters. The van der Waals surface area contributed by atoms with Crippen LogP contribution in [0.15, 0.2) is 0 Å². The fourth-order valence-electron chi connectivity index (χ4n) is 5.48. The largest absolute Gasteiger partial charge is 0.481 e. The molecule has 0 heterocycles. The van der Waals surface area contributed by atoms with Crippen molar-refractivity contribution in [3.63, 3.8) is 0 Å². The van der Waals surface area contributed by atoms with Crippen LogP contribution in [0, 0.1) is 17.8 Å². The summed E-state index contributed by atoms with van der Waals surface area (Å²) < 4.78 is 0. The van der Waals surface area contributed by atoms with Gasteiger partial charge in [0.1, 0.15) is 42.3 Å². The lowest BCUT2D eigenvalue weighted by Crippen LogP contribution is -2.62. The molecule has 0 aromatic carbocycles. The highest BCUT2D eigenvalue weighted by Crippen LogP contribution is 2.13. The molecule has 0 aliphatic rings. The minimum absolute atomic E-state index is 0.0166. The number of aliphatic hydroxyl groups is 1. The van der Waals surface area contributed by atoms with E-state index in [1.165, 1.54) is 20.8 Å². The molecule has 23 nitrogen and oxygen atoms in total. The molecule has 60 heavy (non-hydrogen) atoms. The van der Waals surface area contributed by atoms with E-state index in [2.05, 4.69) is 42.5 Å². The number of primary amides is 1. The van der Waals surface area contributed by atoms with Gasteiger partial charge in [-0.1, -0.05) is 48.0 Å². The van der Waals surface area contributed by atoms with Crippen molar-refractivity contribution in [1.29, 1.82) is 0 Å². The third kappa shape index (κ3) is 20.2. The van der Waals surface area contributed by atoms with Gasteiger partial charge >= 0.3 is 11.9 Å². The topological polar surface area (TPSA) is 371 Å². The number of aliphatic carboxylic acids is 2. The number of carbonyl (C=O) groups is 11. The normalized spacial score (nSPS) is 15.5. The van der Waals surface area contributed by atoms with E-state index in [4.69, 9.17) is 5.73 Å². The first-order valence-corrected chi connectivity index (χ1v) is 19.5. The highest BCUT2D eigenvalue weighted by Gasteiger charge is 2.37. The van der Waals surface area contributed by atoms with Gasteiger partial charge in [0, 0.05) is 13.3 Å². The van der Waals surface area contributed by atoms with Crippen LogP contribution < -0.4 is 48.3 Å². The summed E-state index contributed by atoms with van der Waals surface area (Å²) in [4.78, 5) is 139. The van der Waals surface area contributed by atoms with E-state index < -0.39 is 151 Å². The summed E-state index contributed by atoms with van der Waals surface area (Å²) in [6.07, 6.45) is -3.11. The fraction of sp³-hybridized carbons (Fsp3) is 0.703. The van der Waals surface area contributed by atoms with E-state index >= 15 is 0 Å². The zero-order chi connectivity index (χ0) is 46.6. The number of hydrogen-bond donors (Lipinski definition) is 12. The Balaban J connectivity index is 6.26. The van der Waals surface area contributed by atoms with Gasteiger partial charge in [0.2, 0.25) is 53.2 Å². The van der Waals surface area contributed by atoms with Crippen LogP contribution in [0.4, 0.5) is 0 Å². The molecule has 0 bridgehead atoms. The van der Waals surface area contributed by atoms with Crippen LogP contribution in [0.25, 0.3) is 0 Å². The molecular formula is C37H63N9O14. The molecule has 0 radical (unpaired) electrons. The second-order valence-corrected chi connectivity index (χ2v) is 15.3. The maximum Gasteiger partial charge on any atom is 0.326 e. The van der Waals surface area contributed by atoms with Gasteiger partial charge in [-0.05, 0) is 44.4 Å². The van der Waals surface area contributed by atoms with Crippen molar-refractivity contribution in [1.82, 2.24) is 42.5 Å². The van der Waals surface area contributed by atoms with Gasteiger partial charge < -0.3 is 63.6 Å². The van der Waals surface area contributed by atoms with Gasteiger partial charge in [0.05, 0.1) is 19.1 Å². The summed E-state index contributed by atoms with van der Waals surface area (Å²) in [5.74, 6) is -12.5. The molecule has 9 atom stereocenters. The summed E-state index contributed by atoms with van der Waals surface area (Å²) in [7, 11) is 0. The van der Waals surface area contributed by atoms with Crippen LogP contribution in [0.3, 0.4) is 0 Å². The van der Waals surface area contributed by atoms with Crippen LogP contribution in [0.2, 0.25) is 0 Å². The highest BCUT2D eigenvalue weighted by atomic mass is 16.4. The zero-order valence-corrected chi connectivity index (χ0v) is 35.5. The average molecular weight is 858 g/mol. The van der Waals surface area contributed by atoms with E-state index in [9.17, 15) is 68.1 Å². The molecule has 23 heteroatoms. The third-order valence-electron chi connectivity index (χ3n) is 9.00. The quantitative estimate of drug-likeness (QED) is 0.0381. The summed E-state index contributed by atoms with van der Waals surface area (Å²) in [6.45, 7) is 12.9. The van der Waals surface area contributed by atoms with E-state index in [0.29, 0.717) is 0 Å². The van der Waals surface area contributed by atoms with Crippen molar-refractivity contribution in [2.24, 2.45) is 23.5 Å². The Labute approximate surface area is 348 Å². The van der Waals surface area contributed by atoms with Crippen molar-refractivity contribution >= 4 is 65.1 Å². The minimum atomic E-state index is -1.81. The number of carbonyl (C=O) groups excluding carboxylic acids is 9. The second-order valence-electron chi connectivity index (χ2n) is 15.3. The van der Waals surface area contributed by atoms with Gasteiger partial charge in [-0.25, -0.2) is 4.79 Å². The molecule has 0 aromatic heterocycles. The molecule has 13 N–H and O–H groups in total. The lowest BCUT2D eigenvalue weighted by Gasteiger charge is -2.30. The van der Waals surface area contributed by atoms with Crippen LogP contribution in [-0.2, 0) is 52.7 Å². The average Bonchev–Trinajstić information content (AvgIpc) is 3.13. The Hall–Kier alpha value is -5.87. The van der Waals surface area contributed by atoms with E-state index in [1.807, 2.05) is 0 Å². The monoisotopic (exact) mass is 857 g/mol. The Bertz CT molecular complexity index is 1570. The number of aliphatic hydroxyl groups excluding tert-OH is 1. The molecule has 340 valence electrons. The first-order chi connectivity index (χ1) is 27.7. The number of nitrogens with two attached hydrogens (primary N) is 1. The maximum absolute atomic E-state index is 13.8. The predicted molar refractivity (Wildman–Crippen MR) is 212 cm³/mol. The van der Waals surface area contributed by atoms with Crippen molar-refractivity contribution in [2.45, 2.75) is 143 Å². The Kier molecular flexibility index (Phi) is 23.7. The van der Waals surface area contributed by atoms with Crippen molar-refractivity contribution in [2.75, 3.05) is 6.54 Å². The maximum atomic E-state index is 13.8. The van der Waals surface area contributed by atoms with E-state index in [0.717, 1.165) is 0 Å². The molecule has 0 rings (SSSR count). The van der Waals surface area contributed by atoms with Gasteiger partial charge in [-0.3, -0.25) is 47.9 Å². The Morgan fingerprint density at radius 2 is 1.10 bits per heavy atom. The predicted octanol–water partition coefficient (Wildman–Crippen LogP) is -3.51. The summed E-state index contributed by atoms with van der Waals surface area (Å²) in [5.41, 5.74) is 5.28. The standard InChI is InChI=1S/C37H63N9O14/c1-10-18(6)29(46-34(56)28(17(4)5)45-36(58)30(20(8)47)44-26(50)15-39-31(53)19(7)40-21(9)48)35(57)41-22(11-12-25(38)49)32(54)42-23(14-27(51)52)33(55)43-24(37(59)60)13-16(2)3/h16-20,22-24,28-30,47H,10-15H2,1-9H3,(H2,38,49)(H,39,53)(H,40,48)(H,41,57)(H,42,54)(H,43,55)(H,44,50)(H,45,58)(H,46,56)(H,51,52)(H,59,60). The van der Waals surface area contributed by atoms with Crippen LogP contribution in [-0.4, -0.2) is 135 Å². The number of nitrogens with one attached hydrogen (secondary N) is 8. The Morgan fingerprint density at radius 1 is 0.600 bits per heavy atom. The van der Waals surface area contributed by atoms with Gasteiger partial charge in [-0.2, -0.15) is 0 Å². The second kappa shape index (κ2) is 26.3. The molecule has 0 aromatic rings. The number of carboxylic acids is 2. The Morgan fingerprint density at radius 3 is 1.57 bits per heavy atom. The third-order valence-corrected chi connectivity index (χ3v) is 9.00. The van der Waals surface area contributed by atoms with E-state index in [-0.39, 0.29) is 18.8 Å².